The Morgan fingerprint density at radius 1 is 1.41 bits per heavy atom. The van der Waals surface area contributed by atoms with Crippen molar-refractivity contribution in [1.82, 2.24) is 20.0 Å². The summed E-state index contributed by atoms with van der Waals surface area (Å²) in [7, 11) is 0. The molecular weight excluding hydrogens is 284 g/mol. The SMILES string of the molecule is Cc1cnn(CC2CCN(C(=O)NCCCC(=O)O)CC2)c1. The van der Waals surface area contributed by atoms with Gasteiger partial charge in [-0.25, -0.2) is 4.79 Å². The van der Waals surface area contributed by atoms with Crippen LogP contribution in [-0.2, 0) is 11.3 Å². The van der Waals surface area contributed by atoms with E-state index in [0.29, 0.717) is 18.9 Å². The molecule has 0 radical (unpaired) electrons. The van der Waals surface area contributed by atoms with Gasteiger partial charge in [0.25, 0.3) is 0 Å². The fraction of sp³-hybridized carbons (Fsp3) is 0.667. The molecule has 7 heteroatoms. The van der Waals surface area contributed by atoms with Gasteiger partial charge in [-0.1, -0.05) is 0 Å². The molecule has 2 rings (SSSR count). The number of aromatic nitrogens is 2. The molecule has 0 saturated carbocycles. The lowest BCUT2D eigenvalue weighted by Crippen LogP contribution is -2.45. The average molecular weight is 308 g/mol. The Bertz CT molecular complexity index is 507. The van der Waals surface area contributed by atoms with E-state index in [1.807, 2.05) is 28.9 Å². The monoisotopic (exact) mass is 308 g/mol. The van der Waals surface area contributed by atoms with Crippen LogP contribution in [0.3, 0.4) is 0 Å². The van der Waals surface area contributed by atoms with Crippen molar-refractivity contribution in [3.05, 3.63) is 18.0 Å². The van der Waals surface area contributed by atoms with E-state index in [4.69, 9.17) is 5.11 Å². The molecular formula is C15H24N4O3. The summed E-state index contributed by atoms with van der Waals surface area (Å²) in [6.45, 7) is 4.84. The van der Waals surface area contributed by atoms with Gasteiger partial charge in [0.2, 0.25) is 0 Å². The summed E-state index contributed by atoms with van der Waals surface area (Å²) in [5, 5.41) is 15.6. The molecule has 0 aromatic carbocycles. The molecule has 1 aromatic heterocycles. The number of nitrogens with zero attached hydrogens (tertiary/aromatic N) is 3. The largest absolute Gasteiger partial charge is 0.481 e. The Kier molecular flexibility index (Phi) is 5.80. The second-order valence-electron chi connectivity index (χ2n) is 5.90. The summed E-state index contributed by atoms with van der Waals surface area (Å²) in [6, 6.07) is -0.0845. The van der Waals surface area contributed by atoms with E-state index in [9.17, 15) is 9.59 Å². The highest BCUT2D eigenvalue weighted by Gasteiger charge is 2.22. The Morgan fingerprint density at radius 3 is 2.73 bits per heavy atom. The number of nitrogens with one attached hydrogen (secondary N) is 1. The third kappa shape index (κ3) is 5.05. The van der Waals surface area contributed by atoms with Crippen LogP contribution in [0.1, 0.15) is 31.2 Å². The minimum atomic E-state index is -0.830. The number of urea groups is 1. The van der Waals surface area contributed by atoms with Crippen LogP contribution in [0, 0.1) is 12.8 Å². The van der Waals surface area contributed by atoms with E-state index in [1.165, 1.54) is 0 Å². The predicted molar refractivity (Wildman–Crippen MR) is 81.5 cm³/mol. The molecule has 2 heterocycles. The molecule has 122 valence electrons. The molecule has 1 aliphatic heterocycles. The van der Waals surface area contributed by atoms with Crippen molar-refractivity contribution in [2.75, 3.05) is 19.6 Å². The smallest absolute Gasteiger partial charge is 0.317 e. The van der Waals surface area contributed by atoms with Gasteiger partial charge in [-0.3, -0.25) is 9.48 Å². The standard InChI is InChI=1S/C15H24N4O3/c1-12-9-17-19(10-12)11-13-4-7-18(8-5-13)15(22)16-6-2-3-14(20)21/h9-10,13H,2-8,11H2,1H3,(H,16,22)(H,20,21). The number of piperidine rings is 1. The number of carbonyl (C=O) groups is 2. The zero-order valence-corrected chi connectivity index (χ0v) is 13.0. The summed E-state index contributed by atoms with van der Waals surface area (Å²) in [4.78, 5) is 24.2. The van der Waals surface area contributed by atoms with Crippen LogP contribution in [0.2, 0.25) is 0 Å². The van der Waals surface area contributed by atoms with Crippen molar-refractivity contribution < 1.29 is 14.7 Å². The molecule has 2 N–H and O–H groups in total. The Hall–Kier alpha value is -2.05. The second-order valence-corrected chi connectivity index (χ2v) is 5.90. The summed E-state index contributed by atoms with van der Waals surface area (Å²) in [5.41, 5.74) is 1.16. The van der Waals surface area contributed by atoms with Gasteiger partial charge in [0, 0.05) is 38.8 Å². The van der Waals surface area contributed by atoms with Gasteiger partial charge in [0.1, 0.15) is 0 Å². The predicted octanol–water partition coefficient (Wildman–Crippen LogP) is 1.48. The van der Waals surface area contributed by atoms with Gasteiger partial charge in [-0.05, 0) is 37.7 Å². The Morgan fingerprint density at radius 2 is 2.14 bits per heavy atom. The molecule has 1 aromatic rings. The molecule has 7 nitrogen and oxygen atoms in total. The number of amides is 2. The molecule has 0 unspecified atom stereocenters. The highest BCUT2D eigenvalue weighted by molar-refractivity contribution is 5.74. The van der Waals surface area contributed by atoms with Crippen molar-refractivity contribution in [2.45, 2.75) is 39.2 Å². The van der Waals surface area contributed by atoms with Crippen molar-refractivity contribution in [3.8, 4) is 0 Å². The van der Waals surface area contributed by atoms with Crippen molar-refractivity contribution in [3.63, 3.8) is 0 Å². The number of aryl methyl sites for hydroxylation is 1. The number of hydrogen-bond acceptors (Lipinski definition) is 3. The van der Waals surface area contributed by atoms with Crippen molar-refractivity contribution in [2.24, 2.45) is 5.92 Å². The minimum absolute atomic E-state index is 0.0845. The lowest BCUT2D eigenvalue weighted by molar-refractivity contribution is -0.137. The first-order valence-electron chi connectivity index (χ1n) is 7.78. The van der Waals surface area contributed by atoms with E-state index in [-0.39, 0.29) is 12.5 Å². The molecule has 1 aliphatic rings. The highest BCUT2D eigenvalue weighted by Crippen LogP contribution is 2.19. The molecule has 1 fully saturated rings. The van der Waals surface area contributed by atoms with Crippen LogP contribution >= 0.6 is 0 Å². The second kappa shape index (κ2) is 7.82. The zero-order valence-electron chi connectivity index (χ0n) is 13.0. The van der Waals surface area contributed by atoms with E-state index < -0.39 is 5.97 Å². The number of carboxylic acids is 1. The lowest BCUT2D eigenvalue weighted by atomic mass is 9.97. The normalized spacial score (nSPS) is 15.8. The Balaban J connectivity index is 1.65. The molecule has 2 amide bonds. The summed E-state index contributed by atoms with van der Waals surface area (Å²) < 4.78 is 1.97. The van der Waals surface area contributed by atoms with Crippen LogP contribution in [0.5, 0.6) is 0 Å². The van der Waals surface area contributed by atoms with E-state index in [2.05, 4.69) is 10.4 Å². The first-order valence-corrected chi connectivity index (χ1v) is 7.78. The number of carbonyl (C=O) groups excluding carboxylic acids is 1. The van der Waals surface area contributed by atoms with Crippen LogP contribution in [0.25, 0.3) is 0 Å². The summed E-state index contributed by atoms with van der Waals surface area (Å²) in [6.07, 6.45) is 6.41. The molecule has 0 atom stereocenters. The summed E-state index contributed by atoms with van der Waals surface area (Å²) in [5.74, 6) is -0.278. The molecule has 0 aliphatic carbocycles. The topological polar surface area (TPSA) is 87.5 Å². The van der Waals surface area contributed by atoms with Gasteiger partial charge in [-0.15, -0.1) is 0 Å². The highest BCUT2D eigenvalue weighted by atomic mass is 16.4. The van der Waals surface area contributed by atoms with Gasteiger partial charge < -0.3 is 15.3 Å². The maximum absolute atomic E-state index is 12.0. The lowest BCUT2D eigenvalue weighted by Gasteiger charge is -2.32. The quantitative estimate of drug-likeness (QED) is 0.779. The zero-order chi connectivity index (χ0) is 15.9. The van der Waals surface area contributed by atoms with Crippen molar-refractivity contribution in [1.29, 1.82) is 0 Å². The summed E-state index contributed by atoms with van der Waals surface area (Å²) >= 11 is 0. The van der Waals surface area contributed by atoms with Crippen molar-refractivity contribution >= 4 is 12.0 Å². The number of hydrogen-bond donors (Lipinski definition) is 2. The fourth-order valence-electron chi connectivity index (χ4n) is 2.70. The van der Waals surface area contributed by atoms with Crippen LogP contribution in [-0.4, -0.2) is 51.4 Å². The van der Waals surface area contributed by atoms with Gasteiger partial charge in [-0.2, -0.15) is 5.10 Å². The minimum Gasteiger partial charge on any atom is -0.481 e. The number of aliphatic carboxylic acids is 1. The third-order valence-electron chi connectivity index (χ3n) is 3.95. The van der Waals surface area contributed by atoms with Crippen LogP contribution in [0.15, 0.2) is 12.4 Å². The third-order valence-corrected chi connectivity index (χ3v) is 3.95. The first kappa shape index (κ1) is 16.3. The molecule has 0 spiro atoms. The average Bonchev–Trinajstić information content (AvgIpc) is 2.89. The molecule has 22 heavy (non-hydrogen) atoms. The maximum atomic E-state index is 12.0. The fourth-order valence-corrected chi connectivity index (χ4v) is 2.70. The molecule has 0 bridgehead atoms. The van der Waals surface area contributed by atoms with E-state index in [1.54, 1.807) is 0 Å². The van der Waals surface area contributed by atoms with Gasteiger partial charge in [0.05, 0.1) is 6.20 Å². The first-order chi connectivity index (χ1) is 10.5. The van der Waals surface area contributed by atoms with Gasteiger partial charge in [0.15, 0.2) is 0 Å². The van der Waals surface area contributed by atoms with E-state index in [0.717, 1.165) is 38.0 Å². The van der Waals surface area contributed by atoms with E-state index >= 15 is 0 Å². The number of rotatable bonds is 6. The Labute approximate surface area is 130 Å². The number of likely N-dealkylation sites (tertiary alicyclic amines) is 1. The van der Waals surface area contributed by atoms with Gasteiger partial charge >= 0.3 is 12.0 Å². The maximum Gasteiger partial charge on any atom is 0.317 e. The molecule has 1 saturated heterocycles. The van der Waals surface area contributed by atoms with Crippen LogP contribution < -0.4 is 5.32 Å². The van der Waals surface area contributed by atoms with Crippen LogP contribution in [0.4, 0.5) is 4.79 Å². The number of carboxylic acid groups (broad SMARTS) is 1.